The highest BCUT2D eigenvalue weighted by Gasteiger charge is 2.24. The van der Waals surface area contributed by atoms with Crippen molar-refractivity contribution < 1.29 is 24.4 Å². The molecule has 2 unspecified atom stereocenters. The summed E-state index contributed by atoms with van der Waals surface area (Å²) in [6.45, 7) is 3.17. The van der Waals surface area contributed by atoms with Crippen LogP contribution < -0.4 is 10.6 Å². The summed E-state index contributed by atoms with van der Waals surface area (Å²) in [6, 6.07) is 12.7. The second-order valence-corrected chi connectivity index (χ2v) is 6.33. The number of carbonyl (C=O) groups excluding carboxylic acids is 2. The maximum Gasteiger partial charge on any atom is 0.341 e. The number of rotatable bonds is 9. The normalized spacial score (nSPS) is 12.5. The molecule has 0 heterocycles. The Bertz CT molecular complexity index is 872. The second kappa shape index (κ2) is 10.2. The monoisotopic (exact) mass is 401 g/mol. The van der Waals surface area contributed by atoms with E-state index in [1.165, 1.54) is 19.1 Å². The molecule has 9 heteroatoms. The molecule has 3 N–H and O–H groups in total. The molecule has 2 aromatic carbocycles. The molecule has 154 valence electrons. The largest absolute Gasteiger partial charge is 0.449 e. The first-order valence-corrected chi connectivity index (χ1v) is 9.03. The van der Waals surface area contributed by atoms with Gasteiger partial charge in [0, 0.05) is 24.4 Å². The summed E-state index contributed by atoms with van der Waals surface area (Å²) in [7, 11) is 0. The van der Waals surface area contributed by atoms with Crippen molar-refractivity contribution in [2.75, 3.05) is 18.5 Å². The van der Waals surface area contributed by atoms with Gasteiger partial charge >= 0.3 is 5.97 Å². The summed E-state index contributed by atoms with van der Waals surface area (Å²) in [5.41, 5.74) is 0.776. The fraction of sp³-hybridized carbons (Fsp3) is 0.300. The lowest BCUT2D eigenvalue weighted by molar-refractivity contribution is -0.384. The zero-order chi connectivity index (χ0) is 21.4. The van der Waals surface area contributed by atoms with Gasteiger partial charge in [0.25, 0.3) is 11.6 Å². The topological polar surface area (TPSA) is 131 Å². The van der Waals surface area contributed by atoms with E-state index in [1.807, 2.05) is 30.3 Å². The average Bonchev–Trinajstić information content (AvgIpc) is 2.72. The highest BCUT2D eigenvalue weighted by atomic mass is 16.6. The van der Waals surface area contributed by atoms with Crippen LogP contribution in [0.1, 0.15) is 35.8 Å². The molecule has 0 bridgehead atoms. The zero-order valence-corrected chi connectivity index (χ0v) is 16.1. The summed E-state index contributed by atoms with van der Waals surface area (Å²) in [5.74, 6) is -1.38. The minimum Gasteiger partial charge on any atom is -0.449 e. The number of nitro groups is 1. The van der Waals surface area contributed by atoms with E-state index in [0.717, 1.165) is 11.6 Å². The number of aliphatic hydroxyl groups excluding tert-OH is 1. The maximum atomic E-state index is 12.5. The molecule has 0 aromatic heterocycles. The van der Waals surface area contributed by atoms with Crippen molar-refractivity contribution >= 4 is 23.3 Å². The number of nitrogens with one attached hydrogen (secondary N) is 2. The third-order valence-electron chi connectivity index (χ3n) is 4.17. The standard InChI is InChI=1S/C20H23N3O6/c1-13(15-6-4-3-5-7-15)22-19(25)14(2)29-20(26)17-12-16(23(27)28)8-9-18(17)21-10-11-24/h3-9,12-14,21,24H,10-11H2,1-2H3,(H,22,25). The molecule has 2 rings (SSSR count). The van der Waals surface area contributed by atoms with E-state index in [2.05, 4.69) is 10.6 Å². The number of amides is 1. The minimum absolute atomic E-state index is 0.0941. The molecular formula is C20H23N3O6. The van der Waals surface area contributed by atoms with E-state index in [-0.39, 0.29) is 36.1 Å². The second-order valence-electron chi connectivity index (χ2n) is 6.33. The van der Waals surface area contributed by atoms with Crippen LogP contribution in [0.25, 0.3) is 0 Å². The molecule has 0 saturated heterocycles. The molecule has 0 aliphatic heterocycles. The Kier molecular flexibility index (Phi) is 7.67. The quantitative estimate of drug-likeness (QED) is 0.334. The summed E-state index contributed by atoms with van der Waals surface area (Å²) in [5, 5.41) is 25.5. The number of nitrogens with zero attached hydrogens (tertiary/aromatic N) is 1. The van der Waals surface area contributed by atoms with Crippen LogP contribution in [0.5, 0.6) is 0 Å². The predicted octanol–water partition coefficient (Wildman–Crippen LogP) is 2.42. The molecule has 2 aromatic rings. The molecule has 0 radical (unpaired) electrons. The lowest BCUT2D eigenvalue weighted by Crippen LogP contribution is -2.37. The van der Waals surface area contributed by atoms with Crippen molar-refractivity contribution in [1.82, 2.24) is 5.32 Å². The van der Waals surface area contributed by atoms with Crippen LogP contribution in [0.2, 0.25) is 0 Å². The van der Waals surface area contributed by atoms with Crippen molar-refractivity contribution in [1.29, 1.82) is 0 Å². The van der Waals surface area contributed by atoms with Gasteiger partial charge in [0.15, 0.2) is 6.10 Å². The Morgan fingerprint density at radius 3 is 2.48 bits per heavy atom. The molecule has 1 amide bonds. The van der Waals surface area contributed by atoms with Crippen molar-refractivity contribution in [2.24, 2.45) is 0 Å². The molecule has 0 fully saturated rings. The number of aliphatic hydroxyl groups is 1. The number of ether oxygens (including phenoxy) is 1. The van der Waals surface area contributed by atoms with Gasteiger partial charge in [-0.25, -0.2) is 4.79 Å². The first-order chi connectivity index (χ1) is 13.8. The van der Waals surface area contributed by atoms with Gasteiger partial charge in [-0.15, -0.1) is 0 Å². The van der Waals surface area contributed by atoms with Crippen molar-refractivity contribution in [3.05, 3.63) is 69.8 Å². The number of anilines is 1. The van der Waals surface area contributed by atoms with Gasteiger partial charge < -0.3 is 20.5 Å². The fourth-order valence-electron chi connectivity index (χ4n) is 2.59. The van der Waals surface area contributed by atoms with Gasteiger partial charge in [-0.3, -0.25) is 14.9 Å². The Hall–Kier alpha value is -3.46. The Balaban J connectivity index is 2.10. The van der Waals surface area contributed by atoms with Crippen LogP contribution in [0.3, 0.4) is 0 Å². The Morgan fingerprint density at radius 1 is 1.17 bits per heavy atom. The van der Waals surface area contributed by atoms with Gasteiger partial charge in [-0.05, 0) is 25.5 Å². The van der Waals surface area contributed by atoms with E-state index in [4.69, 9.17) is 9.84 Å². The molecule has 0 aliphatic carbocycles. The number of nitro benzene ring substituents is 1. The number of carbonyl (C=O) groups is 2. The highest BCUT2D eigenvalue weighted by Crippen LogP contribution is 2.23. The lowest BCUT2D eigenvalue weighted by Gasteiger charge is -2.19. The first-order valence-electron chi connectivity index (χ1n) is 9.03. The number of hydrogen-bond acceptors (Lipinski definition) is 7. The molecule has 9 nitrogen and oxygen atoms in total. The molecule has 0 spiro atoms. The van der Waals surface area contributed by atoms with Crippen molar-refractivity contribution in [3.8, 4) is 0 Å². The van der Waals surface area contributed by atoms with Crippen LogP contribution in [-0.2, 0) is 9.53 Å². The Labute approximate surface area is 167 Å². The molecule has 0 aliphatic rings. The number of benzene rings is 2. The smallest absolute Gasteiger partial charge is 0.341 e. The van der Waals surface area contributed by atoms with Crippen LogP contribution in [0, 0.1) is 10.1 Å². The molecule has 29 heavy (non-hydrogen) atoms. The summed E-state index contributed by atoms with van der Waals surface area (Å²) in [4.78, 5) is 35.3. The van der Waals surface area contributed by atoms with Crippen LogP contribution in [0.4, 0.5) is 11.4 Å². The van der Waals surface area contributed by atoms with E-state index < -0.39 is 22.9 Å². The van der Waals surface area contributed by atoms with Crippen molar-refractivity contribution in [2.45, 2.75) is 26.0 Å². The first kappa shape index (κ1) is 21.8. The third kappa shape index (κ3) is 6.01. The van der Waals surface area contributed by atoms with Gasteiger partial charge in [-0.1, -0.05) is 30.3 Å². The predicted molar refractivity (Wildman–Crippen MR) is 107 cm³/mol. The summed E-state index contributed by atoms with van der Waals surface area (Å²) in [6.07, 6.45) is -1.11. The summed E-state index contributed by atoms with van der Waals surface area (Å²) >= 11 is 0. The Morgan fingerprint density at radius 2 is 1.86 bits per heavy atom. The van der Waals surface area contributed by atoms with E-state index >= 15 is 0 Å². The van der Waals surface area contributed by atoms with Gasteiger partial charge in [-0.2, -0.15) is 0 Å². The number of non-ortho nitro benzene ring substituents is 1. The van der Waals surface area contributed by atoms with Gasteiger partial charge in [0.05, 0.1) is 23.1 Å². The van der Waals surface area contributed by atoms with Crippen LogP contribution >= 0.6 is 0 Å². The third-order valence-corrected chi connectivity index (χ3v) is 4.17. The van der Waals surface area contributed by atoms with Gasteiger partial charge in [0.1, 0.15) is 0 Å². The SMILES string of the molecule is CC(OC(=O)c1cc([N+](=O)[O-])ccc1NCCO)C(=O)NC(C)c1ccccc1. The van der Waals surface area contributed by atoms with E-state index in [0.29, 0.717) is 0 Å². The minimum atomic E-state index is -1.11. The average molecular weight is 401 g/mol. The van der Waals surface area contributed by atoms with Gasteiger partial charge in [0.2, 0.25) is 0 Å². The van der Waals surface area contributed by atoms with Crippen molar-refractivity contribution in [3.63, 3.8) is 0 Å². The number of esters is 1. The molecular weight excluding hydrogens is 378 g/mol. The lowest BCUT2D eigenvalue weighted by atomic mass is 10.1. The zero-order valence-electron chi connectivity index (χ0n) is 16.1. The summed E-state index contributed by atoms with van der Waals surface area (Å²) < 4.78 is 5.21. The van der Waals surface area contributed by atoms with E-state index in [9.17, 15) is 19.7 Å². The molecule has 2 atom stereocenters. The van der Waals surface area contributed by atoms with Crippen LogP contribution in [-0.4, -0.2) is 41.2 Å². The fourth-order valence-corrected chi connectivity index (χ4v) is 2.59. The van der Waals surface area contributed by atoms with Crippen LogP contribution in [0.15, 0.2) is 48.5 Å². The number of hydrogen-bond donors (Lipinski definition) is 3. The molecule has 0 saturated carbocycles. The maximum absolute atomic E-state index is 12.5. The highest BCUT2D eigenvalue weighted by molar-refractivity contribution is 5.98. The van der Waals surface area contributed by atoms with E-state index in [1.54, 1.807) is 6.92 Å².